The van der Waals surface area contributed by atoms with E-state index in [2.05, 4.69) is 24.1 Å². The van der Waals surface area contributed by atoms with Gasteiger partial charge in [0, 0.05) is 12.1 Å². The van der Waals surface area contributed by atoms with Crippen LogP contribution in [0.15, 0.2) is 39.3 Å². The highest BCUT2D eigenvalue weighted by Gasteiger charge is 2.21. The molecule has 1 N–H and O–H groups in total. The molecule has 1 aromatic carbocycles. The average Bonchev–Trinajstić information content (AvgIpc) is 2.69. The molecule has 0 fully saturated rings. The second-order valence-corrected chi connectivity index (χ2v) is 7.10. The Labute approximate surface area is 166 Å². The normalized spacial score (nSPS) is 12.2. The molecule has 1 aromatic heterocycles. The van der Waals surface area contributed by atoms with Gasteiger partial charge in [0.25, 0.3) is 5.56 Å². The van der Waals surface area contributed by atoms with Crippen LogP contribution in [0.5, 0.6) is 5.88 Å². The van der Waals surface area contributed by atoms with Gasteiger partial charge in [-0.25, -0.2) is 0 Å². The molecule has 1 heterocycles. The van der Waals surface area contributed by atoms with Gasteiger partial charge in [-0.1, -0.05) is 51.3 Å². The SMILES string of the molecule is CCCCC(CC)Cn1c(O)c(C#N)c(C)c(N=Nc2ccccc2C)c1=O. The Morgan fingerprint density at radius 1 is 1.21 bits per heavy atom. The molecule has 0 bridgehead atoms. The molecule has 0 saturated heterocycles. The molecule has 6 heteroatoms. The van der Waals surface area contributed by atoms with Gasteiger partial charge in [0.15, 0.2) is 5.69 Å². The highest BCUT2D eigenvalue weighted by molar-refractivity contribution is 5.57. The fourth-order valence-corrected chi connectivity index (χ4v) is 3.18. The van der Waals surface area contributed by atoms with E-state index >= 15 is 0 Å². The van der Waals surface area contributed by atoms with E-state index < -0.39 is 5.56 Å². The Morgan fingerprint density at radius 3 is 2.54 bits per heavy atom. The molecule has 2 rings (SSSR count). The number of hydrogen-bond acceptors (Lipinski definition) is 5. The van der Waals surface area contributed by atoms with E-state index in [1.165, 1.54) is 4.57 Å². The molecule has 2 aromatic rings. The van der Waals surface area contributed by atoms with Crippen LogP contribution in [-0.2, 0) is 6.54 Å². The Balaban J connectivity index is 2.53. The first-order valence-corrected chi connectivity index (χ1v) is 9.78. The summed E-state index contributed by atoms with van der Waals surface area (Å²) < 4.78 is 1.28. The van der Waals surface area contributed by atoms with Gasteiger partial charge in [0.05, 0.1) is 5.69 Å². The molecule has 148 valence electrons. The molecule has 0 saturated carbocycles. The average molecular weight is 380 g/mol. The van der Waals surface area contributed by atoms with Crippen molar-refractivity contribution in [3.05, 3.63) is 51.3 Å². The van der Waals surface area contributed by atoms with Crippen LogP contribution in [0.1, 0.15) is 56.2 Å². The van der Waals surface area contributed by atoms with E-state index in [9.17, 15) is 15.2 Å². The number of aryl methyl sites for hydroxylation is 1. The summed E-state index contributed by atoms with van der Waals surface area (Å²) in [4.78, 5) is 13.0. The van der Waals surface area contributed by atoms with Crippen LogP contribution in [0.2, 0.25) is 0 Å². The summed E-state index contributed by atoms with van der Waals surface area (Å²) in [6.07, 6.45) is 3.99. The van der Waals surface area contributed by atoms with Gasteiger partial charge in [-0.15, -0.1) is 5.11 Å². The highest BCUT2D eigenvalue weighted by Crippen LogP contribution is 2.29. The van der Waals surface area contributed by atoms with Crippen LogP contribution in [0.25, 0.3) is 0 Å². The predicted molar refractivity (Wildman–Crippen MR) is 110 cm³/mol. The third kappa shape index (κ3) is 4.66. The molecule has 28 heavy (non-hydrogen) atoms. The maximum absolute atomic E-state index is 13.0. The molecule has 0 aliphatic heterocycles. The molecule has 0 aliphatic carbocycles. The zero-order chi connectivity index (χ0) is 20.7. The lowest BCUT2D eigenvalue weighted by atomic mass is 9.99. The van der Waals surface area contributed by atoms with Crippen LogP contribution in [0.4, 0.5) is 11.4 Å². The summed E-state index contributed by atoms with van der Waals surface area (Å²) in [6, 6.07) is 9.49. The first-order chi connectivity index (χ1) is 13.4. The number of nitrogens with zero attached hydrogens (tertiary/aromatic N) is 4. The van der Waals surface area contributed by atoms with Crippen molar-refractivity contribution in [2.75, 3.05) is 0 Å². The number of hydrogen-bond donors (Lipinski definition) is 1. The number of benzene rings is 1. The largest absolute Gasteiger partial charge is 0.493 e. The first-order valence-electron chi connectivity index (χ1n) is 9.78. The summed E-state index contributed by atoms with van der Waals surface area (Å²) in [5.41, 5.74) is 1.70. The first kappa shape index (κ1) is 21.4. The molecular formula is C22H28N4O2. The van der Waals surface area contributed by atoms with Crippen molar-refractivity contribution in [1.29, 1.82) is 5.26 Å². The smallest absolute Gasteiger partial charge is 0.281 e. The standard InChI is InChI=1S/C22H28N4O2/c1-5-7-11-17(6-2)14-26-21(27)18(13-23)16(4)20(22(26)28)25-24-19-12-9-8-10-15(19)3/h8-10,12,17,27H,5-7,11,14H2,1-4H3. The van der Waals surface area contributed by atoms with Crippen LogP contribution in [0, 0.1) is 31.1 Å². The number of aromatic hydroxyl groups is 1. The molecule has 6 nitrogen and oxygen atoms in total. The van der Waals surface area contributed by atoms with Crippen LogP contribution in [-0.4, -0.2) is 9.67 Å². The highest BCUT2D eigenvalue weighted by atomic mass is 16.3. The van der Waals surface area contributed by atoms with E-state index in [0.29, 0.717) is 17.8 Å². The minimum atomic E-state index is -0.415. The Kier molecular flexibility index (Phi) is 7.51. The predicted octanol–water partition coefficient (Wildman–Crippen LogP) is 5.67. The third-order valence-corrected chi connectivity index (χ3v) is 5.13. The van der Waals surface area contributed by atoms with E-state index in [4.69, 9.17) is 0 Å². The van der Waals surface area contributed by atoms with Gasteiger partial charge >= 0.3 is 0 Å². The topological polar surface area (TPSA) is 90.7 Å². The number of azo groups is 1. The summed E-state index contributed by atoms with van der Waals surface area (Å²) >= 11 is 0. The molecule has 1 atom stereocenters. The maximum atomic E-state index is 13.0. The summed E-state index contributed by atoms with van der Waals surface area (Å²) in [7, 11) is 0. The third-order valence-electron chi connectivity index (χ3n) is 5.13. The lowest BCUT2D eigenvalue weighted by molar-refractivity contribution is 0.339. The number of nitriles is 1. The zero-order valence-electron chi connectivity index (χ0n) is 17.1. The fraction of sp³-hybridized carbons (Fsp3) is 0.455. The minimum absolute atomic E-state index is 0.0729. The summed E-state index contributed by atoms with van der Waals surface area (Å²) in [5, 5.41) is 28.4. The lowest BCUT2D eigenvalue weighted by Crippen LogP contribution is -2.25. The number of aromatic nitrogens is 1. The summed E-state index contributed by atoms with van der Waals surface area (Å²) in [5.74, 6) is -0.0336. The van der Waals surface area contributed by atoms with Crippen molar-refractivity contribution >= 4 is 11.4 Å². The van der Waals surface area contributed by atoms with E-state index in [1.807, 2.05) is 37.3 Å². The number of rotatable bonds is 8. The number of pyridine rings is 1. The number of unbranched alkanes of at least 4 members (excludes halogenated alkanes) is 1. The van der Waals surface area contributed by atoms with Gasteiger partial charge in [0.2, 0.25) is 5.88 Å². The molecule has 0 aliphatic rings. The van der Waals surface area contributed by atoms with Gasteiger partial charge in [-0.2, -0.15) is 10.4 Å². The second kappa shape index (κ2) is 9.84. The van der Waals surface area contributed by atoms with Crippen molar-refractivity contribution in [2.45, 2.75) is 59.9 Å². The Bertz CT molecular complexity index is 954. The summed E-state index contributed by atoms with van der Waals surface area (Å²) in [6.45, 7) is 8.09. The molecule has 1 unspecified atom stereocenters. The van der Waals surface area contributed by atoms with Crippen LogP contribution < -0.4 is 5.56 Å². The van der Waals surface area contributed by atoms with Gasteiger partial charge < -0.3 is 5.11 Å². The van der Waals surface area contributed by atoms with Crippen molar-refractivity contribution in [2.24, 2.45) is 16.1 Å². The lowest BCUT2D eigenvalue weighted by Gasteiger charge is -2.19. The fourth-order valence-electron chi connectivity index (χ4n) is 3.18. The minimum Gasteiger partial charge on any atom is -0.493 e. The Morgan fingerprint density at radius 2 is 1.93 bits per heavy atom. The van der Waals surface area contributed by atoms with Gasteiger partial charge in [-0.3, -0.25) is 9.36 Å². The van der Waals surface area contributed by atoms with Crippen LogP contribution in [0.3, 0.4) is 0 Å². The molecule has 0 radical (unpaired) electrons. The monoisotopic (exact) mass is 380 g/mol. The van der Waals surface area contributed by atoms with E-state index in [-0.39, 0.29) is 23.0 Å². The zero-order valence-corrected chi connectivity index (χ0v) is 17.1. The van der Waals surface area contributed by atoms with Crippen molar-refractivity contribution in [3.8, 4) is 11.9 Å². The molecule has 0 spiro atoms. The van der Waals surface area contributed by atoms with E-state index in [0.717, 1.165) is 31.2 Å². The second-order valence-electron chi connectivity index (χ2n) is 7.10. The van der Waals surface area contributed by atoms with E-state index in [1.54, 1.807) is 6.92 Å². The molecule has 0 amide bonds. The van der Waals surface area contributed by atoms with Crippen LogP contribution >= 0.6 is 0 Å². The molecular weight excluding hydrogens is 352 g/mol. The maximum Gasteiger partial charge on any atom is 0.281 e. The van der Waals surface area contributed by atoms with Gasteiger partial charge in [0.1, 0.15) is 11.6 Å². The Hall–Kier alpha value is -2.94. The van der Waals surface area contributed by atoms with Crippen molar-refractivity contribution in [3.63, 3.8) is 0 Å². The van der Waals surface area contributed by atoms with Crippen molar-refractivity contribution in [1.82, 2.24) is 4.57 Å². The van der Waals surface area contributed by atoms with Crippen molar-refractivity contribution < 1.29 is 5.11 Å². The quantitative estimate of drug-likeness (QED) is 0.598. The van der Waals surface area contributed by atoms with Gasteiger partial charge in [-0.05, 0) is 37.8 Å².